The van der Waals surface area contributed by atoms with E-state index in [2.05, 4.69) is 5.16 Å². The average molecular weight is 261 g/mol. The molecule has 0 bridgehead atoms. The summed E-state index contributed by atoms with van der Waals surface area (Å²) in [6.07, 6.45) is 0.993. The fourth-order valence-electron chi connectivity index (χ4n) is 1.74. The predicted molar refractivity (Wildman–Crippen MR) is 69.1 cm³/mol. The van der Waals surface area contributed by atoms with Crippen molar-refractivity contribution in [3.63, 3.8) is 0 Å². The monoisotopic (exact) mass is 261 g/mol. The van der Waals surface area contributed by atoms with Gasteiger partial charge in [-0.1, -0.05) is 29.4 Å². The number of ether oxygens (including phenoxy) is 1. The summed E-state index contributed by atoms with van der Waals surface area (Å²) in [5.41, 5.74) is 2.49. The predicted octanol–water partition coefficient (Wildman–Crippen LogP) is 2.62. The molecule has 0 aliphatic carbocycles. The second-order valence-electron chi connectivity index (χ2n) is 4.33. The molecule has 0 aliphatic heterocycles. The second kappa shape index (κ2) is 5.67. The maximum absolute atomic E-state index is 10.7. The number of carboxylic acids is 1. The summed E-state index contributed by atoms with van der Waals surface area (Å²) >= 11 is 0. The molecule has 0 aliphatic rings. The summed E-state index contributed by atoms with van der Waals surface area (Å²) in [5, 5.41) is 12.5. The van der Waals surface area contributed by atoms with Crippen molar-refractivity contribution in [1.29, 1.82) is 0 Å². The van der Waals surface area contributed by atoms with Crippen LogP contribution in [0.1, 0.15) is 23.0 Å². The number of benzene rings is 1. The maximum Gasteiger partial charge on any atom is 0.374 e. The first-order chi connectivity index (χ1) is 9.10. The van der Waals surface area contributed by atoms with Gasteiger partial charge in [0, 0.05) is 18.7 Å². The number of aromatic carboxylic acids is 1. The Hall–Kier alpha value is -2.14. The first-order valence-corrected chi connectivity index (χ1v) is 5.92. The number of hydrogen-bond acceptors (Lipinski definition) is 4. The normalized spacial score (nSPS) is 12.3. The second-order valence-corrected chi connectivity index (χ2v) is 4.33. The smallest absolute Gasteiger partial charge is 0.374 e. The van der Waals surface area contributed by atoms with Crippen LogP contribution < -0.4 is 0 Å². The van der Waals surface area contributed by atoms with Gasteiger partial charge in [-0.2, -0.15) is 0 Å². The number of carbonyl (C=O) groups is 1. The Balaban J connectivity index is 2.15. The molecule has 1 N–H and O–H groups in total. The number of rotatable bonds is 5. The molecule has 0 spiro atoms. The third-order valence-electron chi connectivity index (χ3n) is 2.90. The molecule has 1 atom stereocenters. The Labute approximate surface area is 110 Å². The third kappa shape index (κ3) is 3.20. The summed E-state index contributed by atoms with van der Waals surface area (Å²) in [6, 6.07) is 9.14. The van der Waals surface area contributed by atoms with Gasteiger partial charge in [-0.15, -0.1) is 0 Å². The minimum Gasteiger partial charge on any atom is -0.475 e. The molecule has 2 rings (SSSR count). The van der Waals surface area contributed by atoms with Gasteiger partial charge in [-0.25, -0.2) is 4.79 Å². The Morgan fingerprint density at radius 1 is 1.42 bits per heavy atom. The van der Waals surface area contributed by atoms with E-state index in [4.69, 9.17) is 14.4 Å². The van der Waals surface area contributed by atoms with Crippen LogP contribution in [0, 0.1) is 0 Å². The van der Waals surface area contributed by atoms with Gasteiger partial charge in [0.05, 0.1) is 6.10 Å². The molecular weight excluding hydrogens is 246 g/mol. The highest BCUT2D eigenvalue weighted by atomic mass is 16.5. The first kappa shape index (κ1) is 13.3. The number of nitrogens with zero attached hydrogens (tertiary/aromatic N) is 1. The van der Waals surface area contributed by atoms with Crippen LogP contribution in [0.25, 0.3) is 11.3 Å². The van der Waals surface area contributed by atoms with E-state index >= 15 is 0 Å². The van der Waals surface area contributed by atoms with E-state index < -0.39 is 5.97 Å². The highest BCUT2D eigenvalue weighted by molar-refractivity contribution is 5.85. The van der Waals surface area contributed by atoms with Crippen LogP contribution in [-0.4, -0.2) is 29.4 Å². The van der Waals surface area contributed by atoms with Crippen LogP contribution in [0.15, 0.2) is 34.9 Å². The van der Waals surface area contributed by atoms with E-state index in [1.54, 1.807) is 7.11 Å². The molecule has 2 aromatic rings. The van der Waals surface area contributed by atoms with Crippen molar-refractivity contribution in [2.24, 2.45) is 0 Å². The molecular formula is C14H15NO4. The molecule has 19 heavy (non-hydrogen) atoms. The number of carboxylic acid groups (broad SMARTS) is 1. The molecule has 0 amide bonds. The zero-order valence-electron chi connectivity index (χ0n) is 10.8. The van der Waals surface area contributed by atoms with Crippen molar-refractivity contribution in [2.45, 2.75) is 19.4 Å². The molecule has 1 aromatic carbocycles. The summed E-state index contributed by atoms with van der Waals surface area (Å²) < 4.78 is 9.93. The van der Waals surface area contributed by atoms with Crippen molar-refractivity contribution in [1.82, 2.24) is 5.16 Å². The van der Waals surface area contributed by atoms with Gasteiger partial charge in [0.1, 0.15) is 5.69 Å². The number of aromatic nitrogens is 1. The van der Waals surface area contributed by atoms with E-state index in [0.29, 0.717) is 5.69 Å². The van der Waals surface area contributed by atoms with Crippen molar-refractivity contribution in [2.75, 3.05) is 7.11 Å². The largest absolute Gasteiger partial charge is 0.475 e. The SMILES string of the molecule is COC(C)Cc1ccc(-c2cc(C(=O)O)on2)cc1. The van der Waals surface area contributed by atoms with Crippen molar-refractivity contribution < 1.29 is 19.2 Å². The summed E-state index contributed by atoms with van der Waals surface area (Å²) in [5.74, 6) is -1.28. The lowest BCUT2D eigenvalue weighted by Crippen LogP contribution is -2.08. The van der Waals surface area contributed by atoms with Crippen LogP contribution in [0.2, 0.25) is 0 Å². The van der Waals surface area contributed by atoms with Gasteiger partial charge >= 0.3 is 5.97 Å². The van der Waals surface area contributed by atoms with Crippen molar-refractivity contribution >= 4 is 5.97 Å². The van der Waals surface area contributed by atoms with Gasteiger partial charge in [0.2, 0.25) is 5.76 Å². The van der Waals surface area contributed by atoms with E-state index in [-0.39, 0.29) is 11.9 Å². The van der Waals surface area contributed by atoms with E-state index in [1.165, 1.54) is 6.07 Å². The molecule has 5 heteroatoms. The Morgan fingerprint density at radius 3 is 2.63 bits per heavy atom. The lowest BCUT2D eigenvalue weighted by Gasteiger charge is -2.09. The van der Waals surface area contributed by atoms with Crippen molar-refractivity contribution in [3.05, 3.63) is 41.7 Å². The Morgan fingerprint density at radius 2 is 2.11 bits per heavy atom. The van der Waals surface area contributed by atoms with Crippen molar-refractivity contribution in [3.8, 4) is 11.3 Å². The molecule has 0 saturated heterocycles. The first-order valence-electron chi connectivity index (χ1n) is 5.92. The van der Waals surface area contributed by atoms with Gasteiger partial charge in [-0.05, 0) is 18.9 Å². The average Bonchev–Trinajstić information content (AvgIpc) is 2.89. The van der Waals surface area contributed by atoms with Crippen LogP contribution >= 0.6 is 0 Å². The highest BCUT2D eigenvalue weighted by Gasteiger charge is 2.12. The van der Waals surface area contributed by atoms with Gasteiger partial charge in [0.15, 0.2) is 0 Å². The highest BCUT2D eigenvalue weighted by Crippen LogP contribution is 2.20. The Kier molecular flexibility index (Phi) is 3.97. The van der Waals surface area contributed by atoms with Gasteiger partial charge in [-0.3, -0.25) is 0 Å². The lowest BCUT2D eigenvalue weighted by molar-refractivity contribution is 0.0652. The quantitative estimate of drug-likeness (QED) is 0.895. The standard InChI is InChI=1S/C14H15NO4/c1-9(18-2)7-10-3-5-11(6-4-10)12-8-13(14(16)17)19-15-12/h3-6,8-9H,7H2,1-2H3,(H,16,17). The number of methoxy groups -OCH3 is 1. The number of hydrogen-bond donors (Lipinski definition) is 1. The lowest BCUT2D eigenvalue weighted by atomic mass is 10.0. The molecule has 100 valence electrons. The van der Waals surface area contributed by atoms with Gasteiger partial charge < -0.3 is 14.4 Å². The fourth-order valence-corrected chi connectivity index (χ4v) is 1.74. The molecule has 5 nitrogen and oxygen atoms in total. The Bertz CT molecular complexity index is 559. The zero-order valence-corrected chi connectivity index (χ0v) is 10.8. The maximum atomic E-state index is 10.7. The van der Waals surface area contributed by atoms with Crippen LogP contribution in [0.3, 0.4) is 0 Å². The molecule has 0 saturated carbocycles. The molecule has 0 fully saturated rings. The fraction of sp³-hybridized carbons (Fsp3) is 0.286. The van der Waals surface area contributed by atoms with Gasteiger partial charge in [0.25, 0.3) is 0 Å². The molecule has 0 radical (unpaired) electrons. The minimum absolute atomic E-state index is 0.160. The zero-order chi connectivity index (χ0) is 13.8. The summed E-state index contributed by atoms with van der Waals surface area (Å²) in [7, 11) is 1.68. The molecule has 1 unspecified atom stereocenters. The topological polar surface area (TPSA) is 72.6 Å². The molecule has 1 heterocycles. The summed E-state index contributed by atoms with van der Waals surface area (Å²) in [6.45, 7) is 2.00. The molecule has 1 aromatic heterocycles. The van der Waals surface area contributed by atoms with E-state index in [1.807, 2.05) is 31.2 Å². The van der Waals surface area contributed by atoms with Crippen LogP contribution in [-0.2, 0) is 11.2 Å². The van der Waals surface area contributed by atoms with Crippen LogP contribution in [0.4, 0.5) is 0 Å². The third-order valence-corrected chi connectivity index (χ3v) is 2.90. The van der Waals surface area contributed by atoms with E-state index in [9.17, 15) is 4.79 Å². The van der Waals surface area contributed by atoms with E-state index in [0.717, 1.165) is 17.5 Å². The van der Waals surface area contributed by atoms with Crippen LogP contribution in [0.5, 0.6) is 0 Å². The summed E-state index contributed by atoms with van der Waals surface area (Å²) in [4.78, 5) is 10.7. The minimum atomic E-state index is -1.12.